The molecule has 4 aromatic rings. The van der Waals surface area contributed by atoms with Crippen molar-refractivity contribution in [3.8, 4) is 11.1 Å². The van der Waals surface area contributed by atoms with Crippen molar-refractivity contribution in [3.05, 3.63) is 124 Å². The maximum Gasteiger partial charge on any atom is 0.336 e. The minimum atomic E-state index is -1.13. The van der Waals surface area contributed by atoms with Crippen molar-refractivity contribution in [1.82, 2.24) is 0 Å². The van der Waals surface area contributed by atoms with Crippen LogP contribution in [0.2, 0.25) is 0 Å². The van der Waals surface area contributed by atoms with Gasteiger partial charge in [0.05, 0.1) is 11.6 Å². The molecule has 2 unspecified atom stereocenters. The zero-order valence-corrected chi connectivity index (χ0v) is 19.9. The Morgan fingerprint density at radius 2 is 1.57 bits per heavy atom. The second kappa shape index (κ2) is 9.62. The molecule has 2 atom stereocenters. The van der Waals surface area contributed by atoms with Crippen LogP contribution in [0.25, 0.3) is 11.1 Å². The van der Waals surface area contributed by atoms with Crippen molar-refractivity contribution in [2.24, 2.45) is 11.5 Å². The predicted molar refractivity (Wildman–Crippen MR) is 144 cm³/mol. The number of carboxylic acids is 1. The Morgan fingerprint density at radius 3 is 2.27 bits per heavy atom. The first-order valence-electron chi connectivity index (χ1n) is 11.9. The molecule has 0 aromatic heterocycles. The van der Waals surface area contributed by atoms with E-state index in [-0.39, 0.29) is 28.9 Å². The Balaban J connectivity index is 1.56. The summed E-state index contributed by atoms with van der Waals surface area (Å²) < 4.78 is 0. The van der Waals surface area contributed by atoms with Crippen LogP contribution in [0.15, 0.2) is 91.0 Å². The number of aromatic carboxylic acids is 1. The lowest BCUT2D eigenvalue weighted by Gasteiger charge is -2.34. The molecule has 7 nitrogen and oxygen atoms in total. The van der Waals surface area contributed by atoms with Gasteiger partial charge in [0.1, 0.15) is 5.84 Å². The van der Waals surface area contributed by atoms with Gasteiger partial charge in [0.2, 0.25) is 5.91 Å². The lowest BCUT2D eigenvalue weighted by Crippen LogP contribution is -2.23. The molecule has 1 aliphatic rings. The number of rotatable bonds is 6. The zero-order valence-electron chi connectivity index (χ0n) is 19.9. The van der Waals surface area contributed by atoms with E-state index in [0.717, 1.165) is 28.8 Å². The number of benzene rings is 4. The molecule has 7 N–H and O–H groups in total. The number of amides is 1. The summed E-state index contributed by atoms with van der Waals surface area (Å²) in [5.74, 6) is -1.69. The first-order valence-corrected chi connectivity index (χ1v) is 11.9. The predicted octanol–water partition coefficient (Wildman–Crippen LogP) is 5.12. The largest absolute Gasteiger partial charge is 0.478 e. The fourth-order valence-electron chi connectivity index (χ4n) is 5.03. The molecule has 0 spiro atoms. The first-order chi connectivity index (χ1) is 17.8. The van der Waals surface area contributed by atoms with E-state index in [2.05, 4.69) is 17.4 Å². The maximum absolute atomic E-state index is 12.0. The number of hydrogen-bond acceptors (Lipinski definition) is 4. The molecule has 0 fully saturated rings. The highest BCUT2D eigenvalue weighted by atomic mass is 16.4. The third-order valence-corrected chi connectivity index (χ3v) is 6.88. The number of nitrogens with two attached hydrogens (primary N) is 2. The smallest absolute Gasteiger partial charge is 0.336 e. The van der Waals surface area contributed by atoms with Gasteiger partial charge >= 0.3 is 5.97 Å². The molecule has 0 aliphatic carbocycles. The minimum Gasteiger partial charge on any atom is -0.478 e. The van der Waals surface area contributed by atoms with Crippen molar-refractivity contribution >= 4 is 23.4 Å². The Bertz CT molecular complexity index is 1530. The molecule has 0 radical (unpaired) electrons. The first kappa shape index (κ1) is 23.8. The molecule has 1 heterocycles. The number of fused-ring (bicyclic) bond motifs is 1. The van der Waals surface area contributed by atoms with Gasteiger partial charge in [0, 0.05) is 22.7 Å². The Kier molecular flexibility index (Phi) is 6.19. The number of primary amides is 1. The summed E-state index contributed by atoms with van der Waals surface area (Å²) in [7, 11) is 0. The minimum absolute atomic E-state index is 0.0225. The number of hydrogen-bond donors (Lipinski definition) is 5. The van der Waals surface area contributed by atoms with Crippen LogP contribution in [-0.4, -0.2) is 22.8 Å². The van der Waals surface area contributed by atoms with E-state index in [1.807, 2.05) is 60.7 Å². The van der Waals surface area contributed by atoms with Crippen LogP contribution in [0.1, 0.15) is 61.4 Å². The molecule has 1 amide bonds. The van der Waals surface area contributed by atoms with E-state index in [1.165, 1.54) is 11.6 Å². The highest BCUT2D eigenvalue weighted by Gasteiger charge is 2.29. The second-order valence-electron chi connectivity index (χ2n) is 9.17. The number of carbonyl (C=O) groups excluding carboxylic acids is 1. The third-order valence-electron chi connectivity index (χ3n) is 6.88. The van der Waals surface area contributed by atoms with Crippen LogP contribution in [0.4, 0.5) is 5.69 Å². The van der Waals surface area contributed by atoms with E-state index in [1.54, 1.807) is 12.1 Å². The molecule has 184 valence electrons. The molecule has 4 aromatic carbocycles. The summed E-state index contributed by atoms with van der Waals surface area (Å²) >= 11 is 0. The Morgan fingerprint density at radius 1 is 0.838 bits per heavy atom. The van der Waals surface area contributed by atoms with Gasteiger partial charge in [-0.15, -0.1) is 0 Å². The average Bonchev–Trinajstić information content (AvgIpc) is 2.92. The van der Waals surface area contributed by atoms with Crippen LogP contribution in [0, 0.1) is 5.41 Å². The zero-order chi connectivity index (χ0) is 26.1. The number of carboxylic acid groups (broad SMARTS) is 1. The van der Waals surface area contributed by atoms with Crippen LogP contribution in [-0.2, 0) is 0 Å². The van der Waals surface area contributed by atoms with Crippen LogP contribution in [0.3, 0.4) is 0 Å². The summed E-state index contributed by atoms with van der Waals surface area (Å²) in [6.07, 6.45) is 0.758. The molecule has 0 saturated carbocycles. The number of nitrogens with one attached hydrogen (secondary N) is 2. The van der Waals surface area contributed by atoms with Gasteiger partial charge in [-0.3, -0.25) is 10.2 Å². The van der Waals surface area contributed by atoms with E-state index >= 15 is 0 Å². The topological polar surface area (TPSA) is 142 Å². The number of nitrogen functional groups attached to an aromatic ring is 1. The van der Waals surface area contributed by atoms with Gasteiger partial charge in [0.15, 0.2) is 0 Å². The van der Waals surface area contributed by atoms with Crippen molar-refractivity contribution in [3.63, 3.8) is 0 Å². The van der Waals surface area contributed by atoms with Gasteiger partial charge in [-0.2, -0.15) is 0 Å². The molecule has 37 heavy (non-hydrogen) atoms. The van der Waals surface area contributed by atoms with Crippen LogP contribution >= 0.6 is 0 Å². The number of amidine groups is 1. The fraction of sp³-hybridized carbons (Fsp3) is 0.100. The fourth-order valence-corrected chi connectivity index (χ4v) is 5.03. The molecular formula is C30H26N4O3. The summed E-state index contributed by atoms with van der Waals surface area (Å²) in [6, 6.07) is 28.2. The van der Waals surface area contributed by atoms with E-state index in [4.69, 9.17) is 16.9 Å². The molecule has 5 rings (SSSR count). The summed E-state index contributed by atoms with van der Waals surface area (Å²) in [6.45, 7) is 0. The summed E-state index contributed by atoms with van der Waals surface area (Å²) in [4.78, 5) is 23.6. The summed E-state index contributed by atoms with van der Waals surface area (Å²) in [5.41, 5.74) is 17.5. The van der Waals surface area contributed by atoms with Gasteiger partial charge in [-0.25, -0.2) is 4.79 Å². The SMILES string of the molecule is N=C(N)c1ccc2c(c1)C(c1ccccc1)CC(c1cccc(-c3ccc(C(N)=O)cc3C(=O)O)c1)N2. The standard InChI is InChI=1S/C30H26N4O3/c31-28(32)20-10-12-26-24(14-20)23(17-5-2-1-3-6-17)16-27(34-26)19-8-4-7-18(13-19)22-11-9-21(29(33)35)15-25(22)30(36)37/h1-15,23,27,34H,16H2,(H3,31,32)(H2,33,35)(H,36,37). The number of carbonyl (C=O) groups is 2. The third kappa shape index (κ3) is 4.67. The molecule has 1 aliphatic heterocycles. The highest BCUT2D eigenvalue weighted by Crippen LogP contribution is 2.44. The second-order valence-corrected chi connectivity index (χ2v) is 9.17. The normalized spacial score (nSPS) is 16.3. The van der Waals surface area contributed by atoms with Gasteiger partial charge in [-0.05, 0) is 70.6 Å². The van der Waals surface area contributed by atoms with Crippen molar-refractivity contribution < 1.29 is 14.7 Å². The summed E-state index contributed by atoms with van der Waals surface area (Å²) in [5, 5.41) is 21.3. The monoisotopic (exact) mass is 490 g/mol. The molecule has 0 saturated heterocycles. The van der Waals surface area contributed by atoms with Crippen molar-refractivity contribution in [1.29, 1.82) is 5.41 Å². The molecule has 7 heteroatoms. The molecular weight excluding hydrogens is 464 g/mol. The van der Waals surface area contributed by atoms with Crippen molar-refractivity contribution in [2.45, 2.75) is 18.4 Å². The van der Waals surface area contributed by atoms with Gasteiger partial charge in [-0.1, -0.05) is 54.6 Å². The number of anilines is 1. The Labute approximate surface area is 214 Å². The molecule has 0 bridgehead atoms. The average molecular weight is 491 g/mol. The van der Waals surface area contributed by atoms with Crippen LogP contribution < -0.4 is 16.8 Å². The van der Waals surface area contributed by atoms with E-state index in [9.17, 15) is 14.7 Å². The van der Waals surface area contributed by atoms with E-state index in [0.29, 0.717) is 11.1 Å². The van der Waals surface area contributed by atoms with Crippen molar-refractivity contribution in [2.75, 3.05) is 5.32 Å². The van der Waals surface area contributed by atoms with E-state index < -0.39 is 11.9 Å². The maximum atomic E-state index is 12.0. The van der Waals surface area contributed by atoms with Gasteiger partial charge in [0.25, 0.3) is 0 Å². The quantitative estimate of drug-likeness (QED) is 0.188. The highest BCUT2D eigenvalue weighted by molar-refractivity contribution is 6.01. The van der Waals surface area contributed by atoms with Crippen LogP contribution in [0.5, 0.6) is 0 Å². The Hall–Kier alpha value is -4.91. The lowest BCUT2D eigenvalue weighted by molar-refractivity contribution is 0.0697. The lowest BCUT2D eigenvalue weighted by atomic mass is 9.79. The van der Waals surface area contributed by atoms with Gasteiger partial charge < -0.3 is 21.9 Å².